The third kappa shape index (κ3) is 2.81. The first kappa shape index (κ1) is 14.8. The van der Waals surface area contributed by atoms with E-state index in [-0.39, 0.29) is 5.41 Å². The molecule has 2 aliphatic rings. The summed E-state index contributed by atoms with van der Waals surface area (Å²) in [5, 5.41) is 3.39. The van der Waals surface area contributed by atoms with Gasteiger partial charge in [-0.15, -0.1) is 0 Å². The van der Waals surface area contributed by atoms with Gasteiger partial charge in [-0.2, -0.15) is 0 Å². The van der Waals surface area contributed by atoms with E-state index in [1.54, 1.807) is 0 Å². The number of hydrogen-bond donors (Lipinski definition) is 1. The predicted octanol–water partition coefficient (Wildman–Crippen LogP) is 2.66. The summed E-state index contributed by atoms with van der Waals surface area (Å²) >= 11 is 0. The molecule has 3 atom stereocenters. The van der Waals surface area contributed by atoms with Gasteiger partial charge in [-0.25, -0.2) is 0 Å². The molecule has 0 bridgehead atoms. The van der Waals surface area contributed by atoms with Gasteiger partial charge in [0.1, 0.15) is 0 Å². The van der Waals surface area contributed by atoms with E-state index >= 15 is 0 Å². The molecule has 0 radical (unpaired) electrons. The Balaban J connectivity index is 2.16. The van der Waals surface area contributed by atoms with Crippen molar-refractivity contribution in [2.45, 2.75) is 59.4 Å². The molecule has 0 saturated carbocycles. The molecule has 3 heteroatoms. The van der Waals surface area contributed by atoms with Crippen molar-refractivity contribution in [3.63, 3.8) is 0 Å². The molecule has 0 spiro atoms. The van der Waals surface area contributed by atoms with E-state index in [0.717, 1.165) is 38.9 Å². The van der Waals surface area contributed by atoms with Crippen molar-refractivity contribution in [1.29, 1.82) is 0 Å². The highest BCUT2D eigenvalue weighted by Gasteiger charge is 2.43. The molecular weight excluding hydrogens is 236 g/mol. The molecule has 0 aromatic rings. The molecule has 2 saturated heterocycles. The standard InChI is InChI=1S/C16H30N2O/c1-5-16(6-8-17-9-7-16)15(19)18-11-12(2)10-13(3)14(18)4/h12-14,17H,5-11H2,1-4H3. The lowest BCUT2D eigenvalue weighted by Gasteiger charge is -2.47. The Bertz CT molecular complexity index is 323. The largest absolute Gasteiger partial charge is 0.339 e. The molecule has 110 valence electrons. The summed E-state index contributed by atoms with van der Waals surface area (Å²) in [5.74, 6) is 1.71. The first-order valence-electron chi connectivity index (χ1n) is 8.02. The molecule has 2 fully saturated rings. The number of carbonyl (C=O) groups is 1. The van der Waals surface area contributed by atoms with E-state index < -0.39 is 0 Å². The van der Waals surface area contributed by atoms with Crippen molar-refractivity contribution < 1.29 is 4.79 Å². The minimum Gasteiger partial charge on any atom is -0.339 e. The second-order valence-electron chi connectivity index (χ2n) is 6.90. The second kappa shape index (κ2) is 5.82. The van der Waals surface area contributed by atoms with E-state index in [4.69, 9.17) is 0 Å². The maximum Gasteiger partial charge on any atom is 0.229 e. The molecule has 0 aromatic carbocycles. The summed E-state index contributed by atoms with van der Waals surface area (Å²) in [6.45, 7) is 11.9. The molecule has 2 rings (SSSR count). The molecule has 3 nitrogen and oxygen atoms in total. The quantitative estimate of drug-likeness (QED) is 0.833. The third-order valence-electron chi connectivity index (χ3n) is 5.55. The zero-order valence-corrected chi connectivity index (χ0v) is 13.0. The number of hydrogen-bond acceptors (Lipinski definition) is 2. The van der Waals surface area contributed by atoms with Crippen LogP contribution in [-0.2, 0) is 4.79 Å². The lowest BCUT2D eigenvalue weighted by atomic mass is 9.74. The Hall–Kier alpha value is -0.570. The summed E-state index contributed by atoms with van der Waals surface area (Å²) in [6, 6.07) is 0.405. The van der Waals surface area contributed by atoms with Gasteiger partial charge in [-0.1, -0.05) is 20.8 Å². The lowest BCUT2D eigenvalue weighted by Crippen LogP contribution is -2.56. The number of likely N-dealkylation sites (tertiary alicyclic amines) is 1. The predicted molar refractivity (Wildman–Crippen MR) is 78.9 cm³/mol. The highest BCUT2D eigenvalue weighted by atomic mass is 16.2. The van der Waals surface area contributed by atoms with Crippen LogP contribution in [0, 0.1) is 17.3 Å². The molecular formula is C16H30N2O. The number of nitrogens with one attached hydrogen (secondary N) is 1. The number of amides is 1. The van der Waals surface area contributed by atoms with Crippen molar-refractivity contribution in [3.05, 3.63) is 0 Å². The van der Waals surface area contributed by atoms with Crippen molar-refractivity contribution >= 4 is 5.91 Å². The fourth-order valence-electron chi connectivity index (χ4n) is 3.91. The Labute approximate surface area is 118 Å². The van der Waals surface area contributed by atoms with Gasteiger partial charge in [0.15, 0.2) is 0 Å². The van der Waals surface area contributed by atoms with Crippen LogP contribution in [0.1, 0.15) is 53.4 Å². The summed E-state index contributed by atoms with van der Waals surface area (Å²) in [6.07, 6.45) is 4.26. The summed E-state index contributed by atoms with van der Waals surface area (Å²) in [7, 11) is 0. The number of carbonyl (C=O) groups excluding carboxylic acids is 1. The highest BCUT2D eigenvalue weighted by Crippen LogP contribution is 2.38. The number of nitrogens with zero attached hydrogens (tertiary/aromatic N) is 1. The Morgan fingerprint density at radius 1 is 1.26 bits per heavy atom. The van der Waals surface area contributed by atoms with E-state index in [1.165, 1.54) is 6.42 Å². The van der Waals surface area contributed by atoms with Gasteiger partial charge in [-0.05, 0) is 57.5 Å². The Kier molecular flexibility index (Phi) is 4.54. The SMILES string of the molecule is CCC1(C(=O)N2CC(C)CC(C)C2C)CCNCC1. The van der Waals surface area contributed by atoms with Crippen LogP contribution < -0.4 is 5.32 Å². The van der Waals surface area contributed by atoms with Crippen LogP contribution in [0.4, 0.5) is 0 Å². The molecule has 1 N–H and O–H groups in total. The van der Waals surface area contributed by atoms with Crippen molar-refractivity contribution in [1.82, 2.24) is 10.2 Å². The van der Waals surface area contributed by atoms with Crippen LogP contribution in [0.2, 0.25) is 0 Å². The van der Waals surface area contributed by atoms with Gasteiger partial charge in [0.2, 0.25) is 5.91 Å². The minimum atomic E-state index is -0.0870. The maximum absolute atomic E-state index is 13.1. The van der Waals surface area contributed by atoms with Gasteiger partial charge in [-0.3, -0.25) is 4.79 Å². The smallest absolute Gasteiger partial charge is 0.229 e. The normalized spacial score (nSPS) is 35.2. The van der Waals surface area contributed by atoms with Gasteiger partial charge in [0.05, 0.1) is 5.41 Å². The average Bonchev–Trinajstić information content (AvgIpc) is 2.42. The Morgan fingerprint density at radius 3 is 2.47 bits per heavy atom. The first-order chi connectivity index (χ1) is 9.00. The topological polar surface area (TPSA) is 32.3 Å². The zero-order valence-electron chi connectivity index (χ0n) is 13.0. The van der Waals surface area contributed by atoms with Crippen LogP contribution in [0.5, 0.6) is 0 Å². The van der Waals surface area contributed by atoms with Gasteiger partial charge in [0.25, 0.3) is 0 Å². The van der Waals surface area contributed by atoms with Crippen LogP contribution in [-0.4, -0.2) is 36.5 Å². The van der Waals surface area contributed by atoms with Gasteiger partial charge < -0.3 is 10.2 Å². The summed E-state index contributed by atoms with van der Waals surface area (Å²) < 4.78 is 0. The van der Waals surface area contributed by atoms with E-state index in [2.05, 4.69) is 37.9 Å². The molecule has 3 unspecified atom stereocenters. The summed E-state index contributed by atoms with van der Waals surface area (Å²) in [5.41, 5.74) is -0.0870. The lowest BCUT2D eigenvalue weighted by molar-refractivity contribution is -0.150. The highest BCUT2D eigenvalue weighted by molar-refractivity contribution is 5.83. The van der Waals surface area contributed by atoms with E-state index in [9.17, 15) is 4.79 Å². The Morgan fingerprint density at radius 2 is 1.89 bits per heavy atom. The first-order valence-corrected chi connectivity index (χ1v) is 8.02. The average molecular weight is 266 g/mol. The molecule has 0 aliphatic carbocycles. The van der Waals surface area contributed by atoms with E-state index in [0.29, 0.717) is 23.8 Å². The van der Waals surface area contributed by atoms with Crippen molar-refractivity contribution in [2.75, 3.05) is 19.6 Å². The second-order valence-corrected chi connectivity index (χ2v) is 6.90. The maximum atomic E-state index is 13.1. The zero-order chi connectivity index (χ0) is 14.0. The van der Waals surface area contributed by atoms with Gasteiger partial charge in [0, 0.05) is 12.6 Å². The minimum absolute atomic E-state index is 0.0870. The molecule has 2 aliphatic heterocycles. The van der Waals surface area contributed by atoms with Crippen molar-refractivity contribution in [3.8, 4) is 0 Å². The van der Waals surface area contributed by atoms with Crippen LogP contribution in [0.25, 0.3) is 0 Å². The monoisotopic (exact) mass is 266 g/mol. The fraction of sp³-hybridized carbons (Fsp3) is 0.938. The van der Waals surface area contributed by atoms with Crippen LogP contribution in [0.15, 0.2) is 0 Å². The molecule has 19 heavy (non-hydrogen) atoms. The third-order valence-corrected chi connectivity index (χ3v) is 5.55. The molecule has 0 aromatic heterocycles. The fourth-order valence-corrected chi connectivity index (χ4v) is 3.91. The van der Waals surface area contributed by atoms with Gasteiger partial charge >= 0.3 is 0 Å². The number of piperidine rings is 2. The van der Waals surface area contributed by atoms with Crippen LogP contribution in [0.3, 0.4) is 0 Å². The van der Waals surface area contributed by atoms with E-state index in [1.807, 2.05) is 0 Å². The van der Waals surface area contributed by atoms with Crippen LogP contribution >= 0.6 is 0 Å². The molecule has 1 amide bonds. The summed E-state index contributed by atoms with van der Waals surface area (Å²) in [4.78, 5) is 15.3. The number of rotatable bonds is 2. The molecule has 2 heterocycles. The van der Waals surface area contributed by atoms with Crippen molar-refractivity contribution in [2.24, 2.45) is 17.3 Å².